The lowest BCUT2D eigenvalue weighted by atomic mass is 10.2. The molecule has 2 amide bonds. The number of fused-ring (bicyclic) bond motifs is 1. The molecule has 0 aliphatic heterocycles. The topological polar surface area (TPSA) is 84.0 Å². The molecule has 2 aromatic heterocycles. The van der Waals surface area contributed by atoms with Gasteiger partial charge in [-0.1, -0.05) is 54.1 Å². The highest BCUT2D eigenvalue weighted by atomic mass is 35.5. The Kier molecular flexibility index (Phi) is 5.01. The summed E-state index contributed by atoms with van der Waals surface area (Å²) in [6.45, 7) is 0. The summed E-state index contributed by atoms with van der Waals surface area (Å²) in [5.41, 5.74) is 6.42. The summed E-state index contributed by atoms with van der Waals surface area (Å²) in [7, 11) is 0. The van der Waals surface area contributed by atoms with Gasteiger partial charge < -0.3 is 0 Å². The van der Waals surface area contributed by atoms with Crippen LogP contribution in [0.4, 0.5) is 0 Å². The first-order valence-corrected chi connectivity index (χ1v) is 9.48. The van der Waals surface area contributed by atoms with E-state index in [1.807, 2.05) is 42.5 Å². The molecule has 2 aromatic carbocycles. The van der Waals surface area contributed by atoms with Gasteiger partial charge in [0.05, 0.1) is 16.7 Å². The van der Waals surface area contributed by atoms with Crippen molar-refractivity contribution in [2.45, 2.75) is 0 Å². The van der Waals surface area contributed by atoms with Gasteiger partial charge in [-0.3, -0.25) is 20.4 Å². The molecule has 4 aromatic rings. The zero-order valence-corrected chi connectivity index (χ0v) is 15.9. The summed E-state index contributed by atoms with van der Waals surface area (Å²) in [6.07, 6.45) is 1.44. The highest BCUT2D eigenvalue weighted by Gasteiger charge is 2.15. The first kappa shape index (κ1) is 18.1. The van der Waals surface area contributed by atoms with Gasteiger partial charge in [0.15, 0.2) is 0 Å². The van der Waals surface area contributed by atoms with E-state index in [2.05, 4.69) is 20.8 Å². The third kappa shape index (κ3) is 3.71. The number of aromatic nitrogens is 2. The Morgan fingerprint density at radius 2 is 1.64 bits per heavy atom. The number of pyridine rings is 1. The van der Waals surface area contributed by atoms with Crippen molar-refractivity contribution in [2.24, 2.45) is 0 Å². The van der Waals surface area contributed by atoms with E-state index in [1.165, 1.54) is 17.5 Å². The molecule has 0 spiro atoms. The lowest BCUT2D eigenvalue weighted by Crippen LogP contribution is -2.41. The van der Waals surface area contributed by atoms with Gasteiger partial charge in [-0.25, -0.2) is 9.97 Å². The SMILES string of the molecule is O=C(NNC(=O)c1cnc(-c2ccccc2Cl)s1)c1ccc2ccccc2n1. The van der Waals surface area contributed by atoms with Crippen LogP contribution in [0.15, 0.2) is 66.9 Å². The van der Waals surface area contributed by atoms with E-state index in [-0.39, 0.29) is 5.69 Å². The smallest absolute Gasteiger partial charge is 0.266 e. The zero-order chi connectivity index (χ0) is 19.5. The Morgan fingerprint density at radius 1 is 0.893 bits per heavy atom. The van der Waals surface area contributed by atoms with Crippen LogP contribution in [0.2, 0.25) is 5.02 Å². The summed E-state index contributed by atoms with van der Waals surface area (Å²) in [5.74, 6) is -0.972. The second kappa shape index (κ2) is 7.75. The molecule has 0 atom stereocenters. The predicted molar refractivity (Wildman–Crippen MR) is 109 cm³/mol. The predicted octanol–water partition coefficient (Wildman–Crippen LogP) is 4.09. The van der Waals surface area contributed by atoms with Gasteiger partial charge in [0, 0.05) is 10.9 Å². The third-order valence-corrected chi connectivity index (χ3v) is 5.31. The molecule has 0 aliphatic rings. The van der Waals surface area contributed by atoms with Crippen molar-refractivity contribution < 1.29 is 9.59 Å². The number of hydrogen-bond acceptors (Lipinski definition) is 5. The molecule has 2 heterocycles. The number of thiazole rings is 1. The van der Waals surface area contributed by atoms with E-state index in [4.69, 9.17) is 11.6 Å². The normalized spacial score (nSPS) is 10.6. The van der Waals surface area contributed by atoms with Crippen LogP contribution in [0, 0.1) is 0 Å². The number of hydrogen-bond donors (Lipinski definition) is 2. The quantitative estimate of drug-likeness (QED) is 0.500. The maximum Gasteiger partial charge on any atom is 0.288 e. The van der Waals surface area contributed by atoms with Crippen LogP contribution in [-0.2, 0) is 0 Å². The van der Waals surface area contributed by atoms with E-state index in [1.54, 1.807) is 18.2 Å². The van der Waals surface area contributed by atoms with E-state index in [0.717, 1.165) is 10.9 Å². The number of rotatable bonds is 3. The standard InChI is InChI=1S/C20H13ClN4O2S/c21-14-7-3-2-6-13(14)20-22-11-17(28-20)19(27)25-24-18(26)16-10-9-12-5-1-4-8-15(12)23-16/h1-11H,(H,24,26)(H,25,27). The Hall–Kier alpha value is -3.29. The minimum Gasteiger partial charge on any atom is -0.266 e. The maximum atomic E-state index is 12.3. The summed E-state index contributed by atoms with van der Waals surface area (Å²) in [4.78, 5) is 33.5. The highest BCUT2D eigenvalue weighted by molar-refractivity contribution is 7.17. The van der Waals surface area contributed by atoms with Gasteiger partial charge in [0.25, 0.3) is 11.8 Å². The summed E-state index contributed by atoms with van der Waals surface area (Å²) in [6, 6.07) is 18.1. The van der Waals surface area contributed by atoms with Crippen molar-refractivity contribution in [3.63, 3.8) is 0 Å². The molecule has 0 aliphatic carbocycles. The van der Waals surface area contributed by atoms with Crippen LogP contribution >= 0.6 is 22.9 Å². The van der Waals surface area contributed by atoms with Crippen molar-refractivity contribution in [3.05, 3.63) is 82.5 Å². The molecular formula is C20H13ClN4O2S. The molecular weight excluding hydrogens is 396 g/mol. The van der Waals surface area contributed by atoms with Gasteiger partial charge in [-0.2, -0.15) is 0 Å². The largest absolute Gasteiger partial charge is 0.288 e. The van der Waals surface area contributed by atoms with Gasteiger partial charge >= 0.3 is 0 Å². The van der Waals surface area contributed by atoms with E-state index in [0.29, 0.717) is 20.4 Å². The fourth-order valence-corrected chi connectivity index (χ4v) is 3.70. The third-order valence-electron chi connectivity index (χ3n) is 3.95. The van der Waals surface area contributed by atoms with Crippen molar-refractivity contribution in [1.82, 2.24) is 20.8 Å². The van der Waals surface area contributed by atoms with Crippen molar-refractivity contribution in [3.8, 4) is 10.6 Å². The highest BCUT2D eigenvalue weighted by Crippen LogP contribution is 2.30. The Morgan fingerprint density at radius 3 is 2.50 bits per heavy atom. The van der Waals surface area contributed by atoms with Crippen molar-refractivity contribution in [1.29, 1.82) is 0 Å². The van der Waals surface area contributed by atoms with Crippen LogP contribution in [0.1, 0.15) is 20.2 Å². The summed E-state index contributed by atoms with van der Waals surface area (Å²) < 4.78 is 0. The van der Waals surface area contributed by atoms with E-state index < -0.39 is 11.8 Å². The molecule has 28 heavy (non-hydrogen) atoms. The van der Waals surface area contributed by atoms with Crippen LogP contribution in [0.5, 0.6) is 0 Å². The number of halogens is 1. The van der Waals surface area contributed by atoms with E-state index >= 15 is 0 Å². The monoisotopic (exact) mass is 408 g/mol. The molecule has 2 N–H and O–H groups in total. The minimum atomic E-state index is -0.505. The maximum absolute atomic E-state index is 12.3. The second-order valence-corrected chi connectivity index (χ2v) is 7.24. The van der Waals surface area contributed by atoms with Gasteiger partial charge in [0.2, 0.25) is 0 Å². The number of para-hydroxylation sites is 1. The second-order valence-electron chi connectivity index (χ2n) is 5.81. The number of hydrazine groups is 1. The van der Waals surface area contributed by atoms with Crippen LogP contribution in [0.25, 0.3) is 21.5 Å². The van der Waals surface area contributed by atoms with Crippen LogP contribution in [-0.4, -0.2) is 21.8 Å². The number of amides is 2. The molecule has 6 nitrogen and oxygen atoms in total. The lowest BCUT2D eigenvalue weighted by Gasteiger charge is -2.06. The zero-order valence-electron chi connectivity index (χ0n) is 14.3. The molecule has 0 bridgehead atoms. The average Bonchev–Trinajstić information content (AvgIpc) is 3.22. The van der Waals surface area contributed by atoms with Gasteiger partial charge in [0.1, 0.15) is 15.6 Å². The first-order valence-electron chi connectivity index (χ1n) is 8.29. The van der Waals surface area contributed by atoms with Gasteiger partial charge in [-0.15, -0.1) is 11.3 Å². The molecule has 0 unspecified atom stereocenters. The van der Waals surface area contributed by atoms with Gasteiger partial charge in [-0.05, 0) is 18.2 Å². The Labute approximate surface area is 169 Å². The number of nitrogens with one attached hydrogen (secondary N) is 2. The number of carbonyl (C=O) groups is 2. The molecule has 0 saturated heterocycles. The number of carbonyl (C=O) groups excluding carboxylic acids is 2. The Bertz CT molecular complexity index is 1190. The molecule has 8 heteroatoms. The van der Waals surface area contributed by atoms with E-state index in [9.17, 15) is 9.59 Å². The number of benzene rings is 2. The van der Waals surface area contributed by atoms with Crippen molar-refractivity contribution in [2.75, 3.05) is 0 Å². The molecule has 0 radical (unpaired) electrons. The summed E-state index contributed by atoms with van der Waals surface area (Å²) in [5, 5.41) is 2.11. The van der Waals surface area contributed by atoms with Crippen LogP contribution < -0.4 is 10.9 Å². The van der Waals surface area contributed by atoms with Crippen molar-refractivity contribution >= 4 is 45.7 Å². The minimum absolute atomic E-state index is 0.208. The number of nitrogens with zero attached hydrogens (tertiary/aromatic N) is 2. The fraction of sp³-hybridized carbons (Fsp3) is 0. The molecule has 4 rings (SSSR count). The molecule has 0 saturated carbocycles. The molecule has 0 fully saturated rings. The summed E-state index contributed by atoms with van der Waals surface area (Å²) >= 11 is 7.34. The molecule has 138 valence electrons. The van der Waals surface area contributed by atoms with Crippen LogP contribution in [0.3, 0.4) is 0 Å². The fourth-order valence-electron chi connectivity index (χ4n) is 2.57. The first-order chi connectivity index (χ1) is 13.6. The Balaban J connectivity index is 1.44. The lowest BCUT2D eigenvalue weighted by molar-refractivity contribution is 0.0846. The average molecular weight is 409 g/mol.